The Hall–Kier alpha value is -0.700. The number of carbonyl (C=O) groups excluding carboxylic acids is 1. The van der Waals surface area contributed by atoms with Gasteiger partial charge in [-0.15, -0.1) is 0 Å². The average Bonchev–Trinajstić information content (AvgIpc) is 1.88. The zero-order valence-corrected chi connectivity index (χ0v) is 8.18. The van der Waals surface area contributed by atoms with Crippen LogP contribution in [-0.2, 0) is 4.79 Å². The lowest BCUT2D eigenvalue weighted by Crippen LogP contribution is -1.95. The van der Waals surface area contributed by atoms with Crippen LogP contribution in [0.25, 0.3) is 0 Å². The highest BCUT2D eigenvalue weighted by Gasteiger charge is 2.02. The molecule has 0 amide bonds. The molecule has 0 N–H and O–H groups in total. The number of allylic oxidation sites excluding steroid dienone is 3. The van der Waals surface area contributed by atoms with E-state index in [-0.39, 0.29) is 5.78 Å². The first-order valence-electron chi connectivity index (χ1n) is 3.08. The van der Waals surface area contributed by atoms with Gasteiger partial charge in [-0.25, -0.2) is 0 Å². The van der Waals surface area contributed by atoms with Crippen LogP contribution in [0.15, 0.2) is 27.7 Å². The van der Waals surface area contributed by atoms with Crippen molar-refractivity contribution in [3.63, 3.8) is 0 Å². The second-order valence-electron chi connectivity index (χ2n) is 1.91. The number of halogens is 1. The van der Waals surface area contributed by atoms with Gasteiger partial charge in [-0.05, 0) is 22.9 Å². The SMILES string of the molecule is C=C/C(C(C)=O)=C(/Br)C=NC. The molecule has 0 aliphatic carbocycles. The monoisotopic (exact) mass is 215 g/mol. The molecular weight excluding hydrogens is 206 g/mol. The molecule has 0 saturated heterocycles. The molecule has 0 spiro atoms. The summed E-state index contributed by atoms with van der Waals surface area (Å²) in [5.74, 6) is -0.0215. The molecule has 0 aromatic heterocycles. The van der Waals surface area contributed by atoms with Gasteiger partial charge in [0.2, 0.25) is 0 Å². The lowest BCUT2D eigenvalue weighted by molar-refractivity contribution is -0.113. The van der Waals surface area contributed by atoms with Crippen molar-refractivity contribution in [3.05, 3.63) is 22.7 Å². The minimum Gasteiger partial charge on any atom is -0.295 e. The fraction of sp³-hybridized carbons (Fsp3) is 0.250. The van der Waals surface area contributed by atoms with Gasteiger partial charge in [-0.2, -0.15) is 0 Å². The van der Waals surface area contributed by atoms with Crippen LogP contribution in [0.1, 0.15) is 6.92 Å². The summed E-state index contributed by atoms with van der Waals surface area (Å²) in [5.41, 5.74) is 0.551. The van der Waals surface area contributed by atoms with Crippen molar-refractivity contribution in [1.82, 2.24) is 0 Å². The van der Waals surface area contributed by atoms with Crippen LogP contribution in [0.2, 0.25) is 0 Å². The molecule has 0 aromatic rings. The predicted molar refractivity (Wildman–Crippen MR) is 51.2 cm³/mol. The third kappa shape index (κ3) is 3.28. The Kier molecular flexibility index (Phi) is 4.70. The minimum atomic E-state index is -0.0215. The van der Waals surface area contributed by atoms with E-state index in [0.717, 1.165) is 0 Å². The van der Waals surface area contributed by atoms with E-state index < -0.39 is 0 Å². The number of hydrogen-bond donors (Lipinski definition) is 0. The standard InChI is InChI=1S/C8H10BrNO/c1-4-7(6(2)11)8(9)5-10-3/h4-5H,1H2,2-3H3/b8-7-,10-5?. The minimum absolute atomic E-state index is 0.0215. The third-order valence-electron chi connectivity index (χ3n) is 1.08. The van der Waals surface area contributed by atoms with E-state index >= 15 is 0 Å². The highest BCUT2D eigenvalue weighted by Crippen LogP contribution is 2.11. The molecule has 0 aliphatic rings. The molecule has 0 heterocycles. The number of Topliss-reactive ketones (excluding diaryl/α,β-unsaturated/α-hetero) is 1. The molecule has 0 aliphatic heterocycles. The number of ketones is 1. The molecule has 0 saturated carbocycles. The van der Waals surface area contributed by atoms with Gasteiger partial charge < -0.3 is 0 Å². The van der Waals surface area contributed by atoms with E-state index in [2.05, 4.69) is 27.5 Å². The van der Waals surface area contributed by atoms with Gasteiger partial charge in [0.1, 0.15) is 0 Å². The Bertz CT molecular complexity index is 228. The summed E-state index contributed by atoms with van der Waals surface area (Å²) in [7, 11) is 1.64. The van der Waals surface area contributed by atoms with Crippen molar-refractivity contribution in [3.8, 4) is 0 Å². The van der Waals surface area contributed by atoms with Crippen LogP contribution in [0, 0.1) is 0 Å². The van der Waals surface area contributed by atoms with Crippen LogP contribution < -0.4 is 0 Å². The Morgan fingerprint density at radius 3 is 2.45 bits per heavy atom. The quantitative estimate of drug-likeness (QED) is 0.403. The fourth-order valence-corrected chi connectivity index (χ4v) is 1.24. The van der Waals surface area contributed by atoms with E-state index in [1.54, 1.807) is 13.3 Å². The average molecular weight is 216 g/mol. The zero-order valence-electron chi connectivity index (χ0n) is 6.60. The number of nitrogens with zero attached hydrogens (tertiary/aromatic N) is 1. The van der Waals surface area contributed by atoms with Crippen LogP contribution in [0.5, 0.6) is 0 Å². The maximum atomic E-state index is 10.9. The molecule has 0 rings (SSSR count). The van der Waals surface area contributed by atoms with Crippen molar-refractivity contribution in [1.29, 1.82) is 0 Å². The van der Waals surface area contributed by atoms with Gasteiger partial charge in [0.15, 0.2) is 5.78 Å². The van der Waals surface area contributed by atoms with Crippen LogP contribution in [0.4, 0.5) is 0 Å². The van der Waals surface area contributed by atoms with Gasteiger partial charge in [-0.1, -0.05) is 12.7 Å². The van der Waals surface area contributed by atoms with Crippen molar-refractivity contribution in [2.45, 2.75) is 6.92 Å². The lowest BCUT2D eigenvalue weighted by atomic mass is 10.2. The third-order valence-corrected chi connectivity index (χ3v) is 1.72. The van der Waals surface area contributed by atoms with Gasteiger partial charge in [0, 0.05) is 23.3 Å². The first-order chi connectivity index (χ1) is 5.13. The maximum absolute atomic E-state index is 10.9. The predicted octanol–water partition coefficient (Wildman–Crippen LogP) is 2.11. The lowest BCUT2D eigenvalue weighted by Gasteiger charge is -1.95. The smallest absolute Gasteiger partial charge is 0.160 e. The summed E-state index contributed by atoms with van der Waals surface area (Å²) in [6, 6.07) is 0. The number of rotatable bonds is 3. The highest BCUT2D eigenvalue weighted by atomic mass is 79.9. The summed E-state index contributed by atoms with van der Waals surface area (Å²) >= 11 is 3.20. The van der Waals surface area contributed by atoms with Crippen molar-refractivity contribution in [2.24, 2.45) is 4.99 Å². The molecule has 60 valence electrons. The number of hydrogen-bond acceptors (Lipinski definition) is 2. The summed E-state index contributed by atoms with van der Waals surface area (Å²) in [4.78, 5) is 14.6. The number of carbonyl (C=O) groups is 1. The second-order valence-corrected chi connectivity index (χ2v) is 2.76. The second kappa shape index (κ2) is 5.02. The summed E-state index contributed by atoms with van der Waals surface area (Å²) < 4.78 is 0.669. The van der Waals surface area contributed by atoms with E-state index in [9.17, 15) is 4.79 Å². The van der Waals surface area contributed by atoms with E-state index in [0.29, 0.717) is 10.1 Å². The molecule has 11 heavy (non-hydrogen) atoms. The largest absolute Gasteiger partial charge is 0.295 e. The van der Waals surface area contributed by atoms with Crippen molar-refractivity contribution in [2.75, 3.05) is 7.05 Å². The molecule has 0 radical (unpaired) electrons. The van der Waals surface area contributed by atoms with E-state index in [1.807, 2.05) is 0 Å². The van der Waals surface area contributed by atoms with Crippen LogP contribution >= 0.6 is 15.9 Å². The molecule has 0 bridgehead atoms. The van der Waals surface area contributed by atoms with Crippen LogP contribution in [-0.4, -0.2) is 19.0 Å². The van der Waals surface area contributed by atoms with Gasteiger partial charge in [0.05, 0.1) is 0 Å². The Morgan fingerprint density at radius 1 is 1.64 bits per heavy atom. The molecular formula is C8H10BrNO. The molecule has 2 nitrogen and oxygen atoms in total. The molecule has 0 fully saturated rings. The Labute approximate surface area is 74.8 Å². The van der Waals surface area contributed by atoms with Crippen LogP contribution in [0.3, 0.4) is 0 Å². The highest BCUT2D eigenvalue weighted by molar-refractivity contribution is 9.12. The fourth-order valence-electron chi connectivity index (χ4n) is 0.592. The normalized spacial score (nSPS) is 13.0. The van der Waals surface area contributed by atoms with Crippen molar-refractivity contribution < 1.29 is 4.79 Å². The number of aliphatic imine (C=N–C) groups is 1. The Morgan fingerprint density at radius 2 is 2.18 bits per heavy atom. The van der Waals surface area contributed by atoms with Gasteiger partial charge in [0.25, 0.3) is 0 Å². The summed E-state index contributed by atoms with van der Waals surface area (Å²) in [5, 5.41) is 0. The van der Waals surface area contributed by atoms with E-state index in [1.165, 1.54) is 13.0 Å². The molecule has 0 aromatic carbocycles. The van der Waals surface area contributed by atoms with E-state index in [4.69, 9.17) is 0 Å². The Balaban J connectivity index is 4.82. The van der Waals surface area contributed by atoms with Crippen molar-refractivity contribution >= 4 is 27.9 Å². The molecule has 0 unspecified atom stereocenters. The molecule has 3 heteroatoms. The molecule has 0 atom stereocenters. The summed E-state index contributed by atoms with van der Waals surface area (Å²) in [6.45, 7) is 5.00. The summed E-state index contributed by atoms with van der Waals surface area (Å²) in [6.07, 6.45) is 3.08. The maximum Gasteiger partial charge on any atom is 0.160 e. The first-order valence-corrected chi connectivity index (χ1v) is 3.88. The first kappa shape index (κ1) is 10.3. The van der Waals surface area contributed by atoms with Gasteiger partial charge >= 0.3 is 0 Å². The van der Waals surface area contributed by atoms with Gasteiger partial charge in [-0.3, -0.25) is 9.79 Å². The topological polar surface area (TPSA) is 29.4 Å². The zero-order chi connectivity index (χ0) is 8.85.